The molecular formula is C14H22N2O3. The number of ether oxygens (including phenoxy) is 1. The summed E-state index contributed by atoms with van der Waals surface area (Å²) in [6.45, 7) is 11.2. The van der Waals surface area contributed by atoms with Crippen LogP contribution in [0.3, 0.4) is 0 Å². The third-order valence-corrected chi connectivity index (χ3v) is 3.48. The van der Waals surface area contributed by atoms with Crippen LogP contribution in [0.2, 0.25) is 0 Å². The maximum absolute atomic E-state index is 11.8. The summed E-state index contributed by atoms with van der Waals surface area (Å²) in [5.41, 5.74) is -0.473. The van der Waals surface area contributed by atoms with Crippen molar-refractivity contribution in [2.75, 3.05) is 19.6 Å². The van der Waals surface area contributed by atoms with Gasteiger partial charge in [-0.1, -0.05) is 6.08 Å². The highest BCUT2D eigenvalue weighted by Gasteiger charge is 2.42. The lowest BCUT2D eigenvalue weighted by Crippen LogP contribution is -2.62. The van der Waals surface area contributed by atoms with Gasteiger partial charge in [-0.25, -0.2) is 4.79 Å². The zero-order valence-corrected chi connectivity index (χ0v) is 11.9. The summed E-state index contributed by atoms with van der Waals surface area (Å²) in [5.74, 6) is 0.418. The molecule has 1 unspecified atom stereocenters. The van der Waals surface area contributed by atoms with Crippen LogP contribution in [0.25, 0.3) is 0 Å². The first-order valence-corrected chi connectivity index (χ1v) is 6.70. The molecule has 2 fully saturated rings. The number of carbonyl (C=O) groups is 2. The number of hydrogen-bond donors (Lipinski definition) is 0. The summed E-state index contributed by atoms with van der Waals surface area (Å²) in [6, 6.07) is 0.143. The van der Waals surface area contributed by atoms with Gasteiger partial charge in [0.1, 0.15) is 5.60 Å². The Morgan fingerprint density at radius 1 is 1.37 bits per heavy atom. The summed E-state index contributed by atoms with van der Waals surface area (Å²) in [6.07, 6.45) is 2.09. The van der Waals surface area contributed by atoms with E-state index in [1.807, 2.05) is 31.7 Å². The molecule has 2 aliphatic heterocycles. The highest BCUT2D eigenvalue weighted by Crippen LogP contribution is 2.26. The smallest absolute Gasteiger partial charge is 0.410 e. The van der Waals surface area contributed by atoms with Crippen LogP contribution in [0, 0.1) is 5.92 Å². The molecule has 2 heterocycles. The van der Waals surface area contributed by atoms with Crippen molar-refractivity contribution in [3.05, 3.63) is 12.7 Å². The molecule has 0 aromatic carbocycles. The fourth-order valence-corrected chi connectivity index (χ4v) is 2.40. The van der Waals surface area contributed by atoms with Gasteiger partial charge in [-0.05, 0) is 20.8 Å². The minimum Gasteiger partial charge on any atom is -0.444 e. The van der Waals surface area contributed by atoms with Crippen molar-refractivity contribution in [2.45, 2.75) is 38.8 Å². The van der Waals surface area contributed by atoms with Crippen LogP contribution in [-0.2, 0) is 9.53 Å². The van der Waals surface area contributed by atoms with E-state index in [9.17, 15) is 9.59 Å². The molecule has 2 rings (SSSR count). The Labute approximate surface area is 114 Å². The Hall–Kier alpha value is -1.52. The molecule has 2 amide bonds. The second kappa shape index (κ2) is 4.87. The summed E-state index contributed by atoms with van der Waals surface area (Å²) in [5, 5.41) is 0. The van der Waals surface area contributed by atoms with Crippen LogP contribution in [0.1, 0.15) is 27.2 Å². The molecule has 106 valence electrons. The summed E-state index contributed by atoms with van der Waals surface area (Å²) < 4.78 is 5.29. The van der Waals surface area contributed by atoms with Crippen molar-refractivity contribution in [2.24, 2.45) is 5.92 Å². The van der Waals surface area contributed by atoms with Crippen LogP contribution in [0.5, 0.6) is 0 Å². The van der Waals surface area contributed by atoms with Crippen molar-refractivity contribution in [3.63, 3.8) is 0 Å². The lowest BCUT2D eigenvalue weighted by atomic mass is 10.1. The molecular weight excluding hydrogens is 244 g/mol. The first-order valence-electron chi connectivity index (χ1n) is 6.70. The van der Waals surface area contributed by atoms with Gasteiger partial charge in [-0.3, -0.25) is 4.79 Å². The predicted octanol–water partition coefficient (Wildman–Crippen LogP) is 1.64. The normalized spacial score (nSPS) is 24.4. The van der Waals surface area contributed by atoms with E-state index < -0.39 is 5.60 Å². The Morgan fingerprint density at radius 2 is 2.00 bits per heavy atom. The third kappa shape index (κ3) is 3.08. The molecule has 2 saturated heterocycles. The quantitative estimate of drug-likeness (QED) is 0.714. The maximum Gasteiger partial charge on any atom is 0.410 e. The maximum atomic E-state index is 11.8. The number of hydrogen-bond acceptors (Lipinski definition) is 3. The fraction of sp³-hybridized carbons (Fsp3) is 0.714. The van der Waals surface area contributed by atoms with Gasteiger partial charge in [0.25, 0.3) is 0 Å². The molecule has 0 spiro atoms. The third-order valence-electron chi connectivity index (χ3n) is 3.48. The molecule has 1 atom stereocenters. The van der Waals surface area contributed by atoms with E-state index in [1.165, 1.54) is 0 Å². The monoisotopic (exact) mass is 266 g/mol. The van der Waals surface area contributed by atoms with Gasteiger partial charge in [0.2, 0.25) is 5.91 Å². The number of carbonyl (C=O) groups excluding carboxylic acids is 2. The number of amides is 2. The minimum atomic E-state index is -0.473. The largest absolute Gasteiger partial charge is 0.444 e. The van der Waals surface area contributed by atoms with Crippen LogP contribution in [0.4, 0.5) is 4.79 Å². The van der Waals surface area contributed by atoms with Crippen molar-refractivity contribution in [1.29, 1.82) is 0 Å². The molecule has 0 aromatic heterocycles. The molecule has 0 saturated carbocycles. The van der Waals surface area contributed by atoms with E-state index in [-0.39, 0.29) is 24.0 Å². The minimum absolute atomic E-state index is 0.143. The van der Waals surface area contributed by atoms with Crippen LogP contribution in [-0.4, -0.2) is 53.1 Å². The topological polar surface area (TPSA) is 49.9 Å². The predicted molar refractivity (Wildman–Crippen MR) is 71.6 cm³/mol. The molecule has 0 aliphatic carbocycles. The van der Waals surface area contributed by atoms with Gasteiger partial charge in [0.15, 0.2) is 0 Å². The Kier molecular flexibility index (Phi) is 3.56. The standard InChI is InChI=1S/C14H22N2O3/c1-5-10-6-12(17)16(7-10)11-8-15(9-11)13(18)19-14(2,3)4/h5,10-11H,1,6-9H2,2-4H3. The molecule has 0 N–H and O–H groups in total. The van der Waals surface area contributed by atoms with Gasteiger partial charge in [0.05, 0.1) is 6.04 Å². The molecule has 5 nitrogen and oxygen atoms in total. The van der Waals surface area contributed by atoms with Crippen molar-refractivity contribution in [1.82, 2.24) is 9.80 Å². The van der Waals surface area contributed by atoms with Crippen molar-refractivity contribution in [3.8, 4) is 0 Å². The summed E-state index contributed by atoms with van der Waals surface area (Å²) in [4.78, 5) is 27.1. The van der Waals surface area contributed by atoms with Gasteiger partial charge in [-0.15, -0.1) is 6.58 Å². The molecule has 19 heavy (non-hydrogen) atoms. The lowest BCUT2D eigenvalue weighted by molar-refractivity contribution is -0.132. The number of rotatable bonds is 2. The number of likely N-dealkylation sites (tertiary alicyclic amines) is 2. The zero-order chi connectivity index (χ0) is 14.2. The highest BCUT2D eigenvalue weighted by molar-refractivity contribution is 5.80. The number of nitrogens with zero attached hydrogens (tertiary/aromatic N) is 2. The average molecular weight is 266 g/mol. The highest BCUT2D eigenvalue weighted by atomic mass is 16.6. The summed E-state index contributed by atoms with van der Waals surface area (Å²) >= 11 is 0. The second-order valence-electron chi connectivity index (χ2n) is 6.29. The van der Waals surface area contributed by atoms with E-state index in [4.69, 9.17) is 4.74 Å². The van der Waals surface area contributed by atoms with Gasteiger partial charge >= 0.3 is 6.09 Å². The Balaban J connectivity index is 1.82. The fourth-order valence-electron chi connectivity index (χ4n) is 2.40. The second-order valence-corrected chi connectivity index (χ2v) is 6.29. The first kappa shape index (κ1) is 13.9. The Morgan fingerprint density at radius 3 is 2.47 bits per heavy atom. The van der Waals surface area contributed by atoms with Crippen LogP contribution >= 0.6 is 0 Å². The van der Waals surface area contributed by atoms with Crippen molar-refractivity contribution < 1.29 is 14.3 Å². The zero-order valence-electron chi connectivity index (χ0n) is 11.9. The van der Waals surface area contributed by atoms with Gasteiger partial charge < -0.3 is 14.5 Å². The lowest BCUT2D eigenvalue weighted by Gasteiger charge is -2.44. The van der Waals surface area contributed by atoms with Crippen LogP contribution < -0.4 is 0 Å². The SMILES string of the molecule is C=CC1CC(=O)N(C2CN(C(=O)OC(C)(C)C)C2)C1. The van der Waals surface area contributed by atoms with Crippen LogP contribution in [0.15, 0.2) is 12.7 Å². The van der Waals surface area contributed by atoms with E-state index in [0.717, 1.165) is 6.54 Å². The summed E-state index contributed by atoms with van der Waals surface area (Å²) in [7, 11) is 0. The first-order chi connectivity index (χ1) is 8.80. The molecule has 0 aromatic rings. The van der Waals surface area contributed by atoms with E-state index in [0.29, 0.717) is 19.5 Å². The molecule has 0 radical (unpaired) electrons. The molecule has 5 heteroatoms. The van der Waals surface area contributed by atoms with Gasteiger partial charge in [0, 0.05) is 32.0 Å². The van der Waals surface area contributed by atoms with E-state index in [2.05, 4.69) is 6.58 Å². The van der Waals surface area contributed by atoms with Gasteiger partial charge in [-0.2, -0.15) is 0 Å². The van der Waals surface area contributed by atoms with Crippen molar-refractivity contribution >= 4 is 12.0 Å². The Bertz CT molecular complexity index is 394. The average Bonchev–Trinajstić information content (AvgIpc) is 2.55. The molecule has 0 bridgehead atoms. The van der Waals surface area contributed by atoms with E-state index in [1.54, 1.807) is 4.90 Å². The van der Waals surface area contributed by atoms with E-state index >= 15 is 0 Å². The molecule has 2 aliphatic rings.